The van der Waals surface area contributed by atoms with E-state index in [-0.39, 0.29) is 5.54 Å². The molecule has 0 saturated carbocycles. The first-order valence-corrected chi connectivity index (χ1v) is 6.53. The summed E-state index contributed by atoms with van der Waals surface area (Å²) in [6, 6.07) is 0. The van der Waals surface area contributed by atoms with Gasteiger partial charge < -0.3 is 15.4 Å². The summed E-state index contributed by atoms with van der Waals surface area (Å²) in [6.07, 6.45) is 2.03. The Morgan fingerprint density at radius 2 is 1.62 bits per heavy atom. The zero-order valence-corrected chi connectivity index (χ0v) is 10.5. The standard InChI is InChI=1S/C12H25N3O/c1-2-14-5-7-15(8-6-14)11-12(13)3-9-16-10-4-12/h2-11,13H2,1H3. The normalized spacial score (nSPS) is 28.1. The topological polar surface area (TPSA) is 41.7 Å². The molecule has 4 nitrogen and oxygen atoms in total. The molecule has 0 aromatic carbocycles. The minimum absolute atomic E-state index is 0.00658. The van der Waals surface area contributed by atoms with Crippen LogP contribution in [0.1, 0.15) is 19.8 Å². The number of piperazine rings is 1. The molecule has 0 unspecified atom stereocenters. The van der Waals surface area contributed by atoms with Crippen LogP contribution in [0.4, 0.5) is 0 Å². The zero-order chi connectivity index (χ0) is 11.4. The van der Waals surface area contributed by atoms with E-state index in [0.717, 1.165) is 32.6 Å². The highest BCUT2D eigenvalue weighted by molar-refractivity contribution is 4.90. The molecule has 2 aliphatic heterocycles. The monoisotopic (exact) mass is 227 g/mol. The highest BCUT2D eigenvalue weighted by atomic mass is 16.5. The Kier molecular flexibility index (Phi) is 4.19. The van der Waals surface area contributed by atoms with Crippen molar-refractivity contribution in [1.29, 1.82) is 0 Å². The minimum atomic E-state index is 0.00658. The van der Waals surface area contributed by atoms with Crippen LogP contribution in [-0.2, 0) is 4.74 Å². The van der Waals surface area contributed by atoms with Gasteiger partial charge in [-0.2, -0.15) is 0 Å². The van der Waals surface area contributed by atoms with Gasteiger partial charge in [0.05, 0.1) is 0 Å². The summed E-state index contributed by atoms with van der Waals surface area (Å²) in [5, 5.41) is 0. The van der Waals surface area contributed by atoms with Crippen LogP contribution in [0, 0.1) is 0 Å². The van der Waals surface area contributed by atoms with Gasteiger partial charge in [-0.05, 0) is 19.4 Å². The van der Waals surface area contributed by atoms with Crippen LogP contribution >= 0.6 is 0 Å². The third kappa shape index (κ3) is 3.17. The molecule has 94 valence electrons. The number of ether oxygens (including phenoxy) is 1. The number of rotatable bonds is 3. The molecule has 2 saturated heterocycles. The Balaban J connectivity index is 1.77. The Morgan fingerprint density at radius 1 is 1.06 bits per heavy atom. The smallest absolute Gasteiger partial charge is 0.0484 e. The number of nitrogens with two attached hydrogens (primary N) is 1. The largest absolute Gasteiger partial charge is 0.381 e. The van der Waals surface area contributed by atoms with E-state index in [1.807, 2.05) is 0 Å². The average molecular weight is 227 g/mol. The summed E-state index contributed by atoms with van der Waals surface area (Å²) in [6.45, 7) is 10.9. The lowest BCUT2D eigenvalue weighted by Crippen LogP contribution is -2.57. The van der Waals surface area contributed by atoms with E-state index in [1.54, 1.807) is 0 Å². The quantitative estimate of drug-likeness (QED) is 0.744. The van der Waals surface area contributed by atoms with Gasteiger partial charge in [-0.1, -0.05) is 6.92 Å². The molecule has 2 fully saturated rings. The van der Waals surface area contributed by atoms with Gasteiger partial charge in [-0.3, -0.25) is 4.90 Å². The molecule has 2 aliphatic rings. The first-order chi connectivity index (χ1) is 7.72. The lowest BCUT2D eigenvalue weighted by Gasteiger charge is -2.41. The van der Waals surface area contributed by atoms with Crippen molar-refractivity contribution in [2.24, 2.45) is 5.73 Å². The van der Waals surface area contributed by atoms with Crippen molar-refractivity contribution in [3.63, 3.8) is 0 Å². The molecule has 4 heteroatoms. The van der Waals surface area contributed by atoms with Crippen LogP contribution in [0.3, 0.4) is 0 Å². The van der Waals surface area contributed by atoms with Crippen molar-refractivity contribution in [1.82, 2.24) is 9.80 Å². The van der Waals surface area contributed by atoms with Crippen molar-refractivity contribution in [3.8, 4) is 0 Å². The molecule has 0 atom stereocenters. The molecule has 0 aliphatic carbocycles. The van der Waals surface area contributed by atoms with Gasteiger partial charge in [-0.15, -0.1) is 0 Å². The zero-order valence-electron chi connectivity index (χ0n) is 10.5. The summed E-state index contributed by atoms with van der Waals surface area (Å²) in [4.78, 5) is 5.03. The number of likely N-dealkylation sites (N-methyl/N-ethyl adjacent to an activating group) is 1. The molecule has 0 bridgehead atoms. The van der Waals surface area contributed by atoms with Gasteiger partial charge in [0.15, 0.2) is 0 Å². The Morgan fingerprint density at radius 3 is 2.19 bits per heavy atom. The van der Waals surface area contributed by atoms with Gasteiger partial charge in [0.25, 0.3) is 0 Å². The summed E-state index contributed by atoms with van der Waals surface area (Å²) in [7, 11) is 0. The molecular formula is C12H25N3O. The maximum atomic E-state index is 6.42. The van der Waals surface area contributed by atoms with E-state index in [2.05, 4.69) is 16.7 Å². The third-order valence-electron chi connectivity index (χ3n) is 3.94. The summed E-state index contributed by atoms with van der Waals surface area (Å²) < 4.78 is 5.38. The van der Waals surface area contributed by atoms with Crippen LogP contribution in [0.5, 0.6) is 0 Å². The van der Waals surface area contributed by atoms with Crippen molar-refractivity contribution in [2.45, 2.75) is 25.3 Å². The minimum Gasteiger partial charge on any atom is -0.381 e. The Bertz CT molecular complexity index is 208. The van der Waals surface area contributed by atoms with Crippen LogP contribution in [-0.4, -0.2) is 67.8 Å². The molecule has 0 spiro atoms. The fraction of sp³-hybridized carbons (Fsp3) is 1.00. The van der Waals surface area contributed by atoms with Crippen LogP contribution in [0.15, 0.2) is 0 Å². The number of nitrogens with zero attached hydrogens (tertiary/aromatic N) is 2. The molecule has 0 amide bonds. The highest BCUT2D eigenvalue weighted by Gasteiger charge is 2.31. The van der Waals surface area contributed by atoms with Crippen molar-refractivity contribution >= 4 is 0 Å². The van der Waals surface area contributed by atoms with Crippen LogP contribution in [0.2, 0.25) is 0 Å². The van der Waals surface area contributed by atoms with Gasteiger partial charge in [0.2, 0.25) is 0 Å². The van der Waals surface area contributed by atoms with Crippen LogP contribution < -0.4 is 5.73 Å². The van der Waals surface area contributed by atoms with E-state index < -0.39 is 0 Å². The maximum Gasteiger partial charge on any atom is 0.0484 e. The molecule has 2 rings (SSSR count). The van der Waals surface area contributed by atoms with E-state index in [0.29, 0.717) is 0 Å². The lowest BCUT2D eigenvalue weighted by molar-refractivity contribution is 0.0285. The predicted octanol–water partition coefficient (Wildman–Crippen LogP) is 0.132. The Labute approximate surface area is 98.7 Å². The fourth-order valence-electron chi connectivity index (χ4n) is 2.65. The molecular weight excluding hydrogens is 202 g/mol. The van der Waals surface area contributed by atoms with E-state index >= 15 is 0 Å². The SMILES string of the molecule is CCN1CCN(CC2(N)CCOCC2)CC1. The number of hydrogen-bond acceptors (Lipinski definition) is 4. The van der Waals surface area contributed by atoms with Crippen molar-refractivity contribution < 1.29 is 4.74 Å². The van der Waals surface area contributed by atoms with Crippen molar-refractivity contribution in [3.05, 3.63) is 0 Å². The maximum absolute atomic E-state index is 6.42. The second kappa shape index (κ2) is 5.45. The van der Waals surface area contributed by atoms with Gasteiger partial charge in [0.1, 0.15) is 0 Å². The van der Waals surface area contributed by atoms with E-state index in [1.165, 1.54) is 32.7 Å². The fourth-order valence-corrected chi connectivity index (χ4v) is 2.65. The third-order valence-corrected chi connectivity index (χ3v) is 3.94. The summed E-state index contributed by atoms with van der Waals surface area (Å²) in [5.74, 6) is 0. The van der Waals surface area contributed by atoms with Crippen molar-refractivity contribution in [2.75, 3.05) is 52.5 Å². The van der Waals surface area contributed by atoms with Gasteiger partial charge >= 0.3 is 0 Å². The molecule has 0 aromatic rings. The Hall–Kier alpha value is -0.160. The molecule has 2 heterocycles. The van der Waals surface area contributed by atoms with Gasteiger partial charge in [-0.25, -0.2) is 0 Å². The summed E-state index contributed by atoms with van der Waals surface area (Å²) >= 11 is 0. The second-order valence-electron chi connectivity index (χ2n) is 5.19. The highest BCUT2D eigenvalue weighted by Crippen LogP contribution is 2.19. The second-order valence-corrected chi connectivity index (χ2v) is 5.19. The molecule has 16 heavy (non-hydrogen) atoms. The predicted molar refractivity (Wildman–Crippen MR) is 65.5 cm³/mol. The van der Waals surface area contributed by atoms with E-state index in [4.69, 9.17) is 10.5 Å². The first-order valence-electron chi connectivity index (χ1n) is 6.53. The molecule has 2 N–H and O–H groups in total. The first kappa shape index (κ1) is 12.3. The molecule has 0 aromatic heterocycles. The van der Waals surface area contributed by atoms with Crippen LogP contribution in [0.25, 0.3) is 0 Å². The van der Waals surface area contributed by atoms with Gasteiger partial charge in [0, 0.05) is 51.5 Å². The average Bonchev–Trinajstić information content (AvgIpc) is 2.30. The summed E-state index contributed by atoms with van der Waals surface area (Å²) in [5.41, 5.74) is 6.43. The lowest BCUT2D eigenvalue weighted by atomic mass is 9.90. The number of hydrogen-bond donors (Lipinski definition) is 1. The van der Waals surface area contributed by atoms with E-state index in [9.17, 15) is 0 Å². The molecule has 0 radical (unpaired) electrons.